The van der Waals surface area contributed by atoms with Crippen LogP contribution in [0.3, 0.4) is 0 Å². The Morgan fingerprint density at radius 3 is 2.62 bits per heavy atom. The van der Waals surface area contributed by atoms with E-state index in [4.69, 9.17) is 4.74 Å². The number of allylic oxidation sites excluding steroid dienone is 1. The molecular formula is C12H16O. The molecule has 0 aliphatic rings. The number of benzene rings is 1. The number of hydrogen-bond acceptors (Lipinski definition) is 1. The zero-order chi connectivity index (χ0) is 9.84. The summed E-state index contributed by atoms with van der Waals surface area (Å²) in [7, 11) is 1.70. The fourth-order valence-electron chi connectivity index (χ4n) is 1.53. The quantitative estimate of drug-likeness (QED) is 0.686. The molecule has 0 amide bonds. The lowest BCUT2D eigenvalue weighted by Gasteiger charge is -2.12. The SMILES string of the molecule is C=C(C)c1c(CC)cccc1OC. The molecule has 1 nitrogen and oxygen atoms in total. The van der Waals surface area contributed by atoms with Gasteiger partial charge in [-0.3, -0.25) is 0 Å². The third-order valence-electron chi connectivity index (χ3n) is 2.14. The van der Waals surface area contributed by atoms with Crippen LogP contribution in [-0.4, -0.2) is 7.11 Å². The molecule has 13 heavy (non-hydrogen) atoms. The lowest BCUT2D eigenvalue weighted by Crippen LogP contribution is -1.94. The predicted octanol–water partition coefficient (Wildman–Crippen LogP) is 3.29. The van der Waals surface area contributed by atoms with Gasteiger partial charge in [-0.15, -0.1) is 0 Å². The summed E-state index contributed by atoms with van der Waals surface area (Å²) in [6.07, 6.45) is 1.01. The second-order valence-electron chi connectivity index (χ2n) is 3.13. The molecule has 0 radical (unpaired) electrons. The van der Waals surface area contributed by atoms with E-state index in [9.17, 15) is 0 Å². The molecule has 0 unspecified atom stereocenters. The van der Waals surface area contributed by atoms with Crippen LogP contribution in [0.4, 0.5) is 0 Å². The highest BCUT2D eigenvalue weighted by Gasteiger charge is 2.07. The van der Waals surface area contributed by atoms with Gasteiger partial charge in [-0.1, -0.05) is 25.6 Å². The monoisotopic (exact) mass is 176 g/mol. The maximum absolute atomic E-state index is 5.29. The summed E-state index contributed by atoms with van der Waals surface area (Å²) in [5, 5.41) is 0. The van der Waals surface area contributed by atoms with Gasteiger partial charge in [0.25, 0.3) is 0 Å². The summed E-state index contributed by atoms with van der Waals surface area (Å²) < 4.78 is 5.29. The first-order valence-electron chi connectivity index (χ1n) is 4.52. The summed E-state index contributed by atoms with van der Waals surface area (Å²) in [6.45, 7) is 8.11. The van der Waals surface area contributed by atoms with Crippen molar-refractivity contribution in [2.75, 3.05) is 7.11 Å². The highest BCUT2D eigenvalue weighted by atomic mass is 16.5. The van der Waals surface area contributed by atoms with Gasteiger partial charge in [-0.05, 0) is 30.5 Å². The second kappa shape index (κ2) is 4.13. The highest BCUT2D eigenvalue weighted by molar-refractivity contribution is 5.70. The molecule has 1 aromatic carbocycles. The molecule has 1 aromatic rings. The van der Waals surface area contributed by atoms with Crippen molar-refractivity contribution in [3.8, 4) is 5.75 Å². The fourth-order valence-corrected chi connectivity index (χ4v) is 1.53. The van der Waals surface area contributed by atoms with Crippen molar-refractivity contribution in [2.45, 2.75) is 20.3 Å². The minimum Gasteiger partial charge on any atom is -0.496 e. The van der Waals surface area contributed by atoms with E-state index < -0.39 is 0 Å². The van der Waals surface area contributed by atoms with Crippen molar-refractivity contribution >= 4 is 5.57 Å². The van der Waals surface area contributed by atoms with Crippen molar-refractivity contribution in [1.29, 1.82) is 0 Å². The fraction of sp³-hybridized carbons (Fsp3) is 0.333. The zero-order valence-corrected chi connectivity index (χ0v) is 8.55. The molecule has 0 atom stereocenters. The minimum atomic E-state index is 0.923. The van der Waals surface area contributed by atoms with E-state index in [-0.39, 0.29) is 0 Å². The second-order valence-corrected chi connectivity index (χ2v) is 3.13. The van der Waals surface area contributed by atoms with Crippen LogP contribution in [0.2, 0.25) is 0 Å². The summed E-state index contributed by atoms with van der Waals surface area (Å²) >= 11 is 0. The Kier molecular flexibility index (Phi) is 3.13. The van der Waals surface area contributed by atoms with Crippen LogP contribution in [-0.2, 0) is 6.42 Å². The van der Waals surface area contributed by atoms with Gasteiger partial charge in [0.15, 0.2) is 0 Å². The Bertz CT molecular complexity index is 291. The molecular weight excluding hydrogens is 160 g/mol. The maximum atomic E-state index is 5.29. The molecule has 0 fully saturated rings. The Labute approximate surface area is 80.0 Å². The topological polar surface area (TPSA) is 9.23 Å². The third-order valence-corrected chi connectivity index (χ3v) is 2.14. The highest BCUT2D eigenvalue weighted by Crippen LogP contribution is 2.28. The molecule has 1 heteroatoms. The molecule has 1 rings (SSSR count). The van der Waals surface area contributed by atoms with Gasteiger partial charge in [-0.2, -0.15) is 0 Å². The van der Waals surface area contributed by atoms with Gasteiger partial charge in [0, 0.05) is 5.56 Å². The number of ether oxygens (including phenoxy) is 1. The van der Waals surface area contributed by atoms with Crippen LogP contribution in [0.5, 0.6) is 5.75 Å². The van der Waals surface area contributed by atoms with Gasteiger partial charge in [0.2, 0.25) is 0 Å². The summed E-state index contributed by atoms with van der Waals surface area (Å²) in [5.41, 5.74) is 3.52. The Morgan fingerprint density at radius 1 is 1.46 bits per heavy atom. The third kappa shape index (κ3) is 1.92. The molecule has 0 N–H and O–H groups in total. The van der Waals surface area contributed by atoms with Crippen LogP contribution in [0.25, 0.3) is 5.57 Å². The van der Waals surface area contributed by atoms with Crippen LogP contribution in [0.1, 0.15) is 25.0 Å². The minimum absolute atomic E-state index is 0.923. The van der Waals surface area contributed by atoms with Crippen molar-refractivity contribution < 1.29 is 4.74 Å². The standard InChI is InChI=1S/C12H16O/c1-5-10-7-6-8-11(13-4)12(10)9(2)3/h6-8H,2,5H2,1,3-4H3. The maximum Gasteiger partial charge on any atom is 0.126 e. The van der Waals surface area contributed by atoms with Crippen LogP contribution >= 0.6 is 0 Å². The summed E-state index contributed by atoms with van der Waals surface area (Å²) in [6, 6.07) is 6.11. The molecule has 0 spiro atoms. The first kappa shape index (κ1) is 9.85. The molecule has 0 bridgehead atoms. The number of aryl methyl sites for hydroxylation is 1. The zero-order valence-electron chi connectivity index (χ0n) is 8.55. The van der Waals surface area contributed by atoms with E-state index in [1.54, 1.807) is 7.11 Å². The summed E-state index contributed by atoms with van der Waals surface area (Å²) in [5.74, 6) is 0.923. The van der Waals surface area contributed by atoms with Gasteiger partial charge in [0.1, 0.15) is 5.75 Å². The lowest BCUT2D eigenvalue weighted by molar-refractivity contribution is 0.413. The summed E-state index contributed by atoms with van der Waals surface area (Å²) in [4.78, 5) is 0. The van der Waals surface area contributed by atoms with E-state index in [1.807, 2.05) is 19.1 Å². The van der Waals surface area contributed by atoms with Crippen LogP contribution in [0, 0.1) is 0 Å². The Hall–Kier alpha value is -1.24. The van der Waals surface area contributed by atoms with Crippen LogP contribution < -0.4 is 4.74 Å². The molecule has 0 saturated heterocycles. The van der Waals surface area contributed by atoms with Crippen molar-refractivity contribution in [2.24, 2.45) is 0 Å². The first-order chi connectivity index (χ1) is 6.20. The largest absolute Gasteiger partial charge is 0.496 e. The smallest absolute Gasteiger partial charge is 0.126 e. The van der Waals surface area contributed by atoms with E-state index >= 15 is 0 Å². The van der Waals surface area contributed by atoms with E-state index in [0.717, 1.165) is 23.3 Å². The number of rotatable bonds is 3. The van der Waals surface area contributed by atoms with E-state index in [0.29, 0.717) is 0 Å². The van der Waals surface area contributed by atoms with Gasteiger partial charge in [0.05, 0.1) is 7.11 Å². The molecule has 0 saturated carbocycles. The molecule has 70 valence electrons. The number of methoxy groups -OCH3 is 1. The van der Waals surface area contributed by atoms with Crippen molar-refractivity contribution in [3.05, 3.63) is 35.9 Å². The van der Waals surface area contributed by atoms with Gasteiger partial charge >= 0.3 is 0 Å². The van der Waals surface area contributed by atoms with Crippen molar-refractivity contribution in [1.82, 2.24) is 0 Å². The van der Waals surface area contributed by atoms with E-state index in [1.165, 1.54) is 5.56 Å². The Morgan fingerprint density at radius 2 is 2.15 bits per heavy atom. The molecule has 0 aliphatic heterocycles. The number of hydrogen-bond donors (Lipinski definition) is 0. The molecule has 0 aromatic heterocycles. The van der Waals surface area contributed by atoms with Gasteiger partial charge < -0.3 is 4.74 Å². The van der Waals surface area contributed by atoms with E-state index in [2.05, 4.69) is 19.6 Å². The lowest BCUT2D eigenvalue weighted by atomic mass is 9.99. The van der Waals surface area contributed by atoms with Crippen LogP contribution in [0.15, 0.2) is 24.8 Å². The molecule has 0 heterocycles. The van der Waals surface area contributed by atoms with Crippen molar-refractivity contribution in [3.63, 3.8) is 0 Å². The predicted molar refractivity (Wildman–Crippen MR) is 57.1 cm³/mol. The van der Waals surface area contributed by atoms with Gasteiger partial charge in [-0.25, -0.2) is 0 Å². The Balaban J connectivity index is 3.29. The average molecular weight is 176 g/mol. The normalized spacial score (nSPS) is 9.77. The molecule has 0 aliphatic carbocycles. The average Bonchev–Trinajstić information content (AvgIpc) is 2.16. The first-order valence-corrected chi connectivity index (χ1v) is 4.52.